The molecule has 4 rings (SSSR count). The number of methoxy groups -OCH3 is 1. The van der Waals surface area contributed by atoms with E-state index in [-0.39, 0.29) is 5.75 Å². The molecule has 0 unspecified atom stereocenters. The molecule has 23 heavy (non-hydrogen) atoms. The molecule has 128 valence electrons. The standard InChI is InChI=1S/C16H25NO5Si/c1-19-16-13-14(4-5-15(16)18)3-2-12-23-20-9-6-17(7-10-21-23)8-11-22-23/h4-5,13,18H,2-3,6-12H2,1H3. The van der Waals surface area contributed by atoms with Crippen molar-refractivity contribution in [1.82, 2.24) is 4.90 Å². The molecule has 3 heterocycles. The fourth-order valence-corrected chi connectivity index (χ4v) is 5.55. The maximum atomic E-state index is 9.66. The van der Waals surface area contributed by atoms with Crippen LogP contribution in [0.25, 0.3) is 0 Å². The molecule has 1 aromatic rings. The van der Waals surface area contributed by atoms with E-state index in [2.05, 4.69) is 4.90 Å². The molecule has 0 aliphatic carbocycles. The molecular weight excluding hydrogens is 314 g/mol. The monoisotopic (exact) mass is 339 g/mol. The predicted molar refractivity (Wildman–Crippen MR) is 87.8 cm³/mol. The minimum atomic E-state index is -2.52. The molecule has 3 saturated heterocycles. The van der Waals surface area contributed by atoms with Gasteiger partial charge in [-0.2, -0.15) is 0 Å². The zero-order valence-electron chi connectivity index (χ0n) is 13.6. The van der Waals surface area contributed by atoms with Crippen LogP contribution in [0.3, 0.4) is 0 Å². The van der Waals surface area contributed by atoms with E-state index in [1.54, 1.807) is 13.2 Å². The summed E-state index contributed by atoms with van der Waals surface area (Å²) in [5.74, 6) is 0.683. The van der Waals surface area contributed by atoms with Crippen molar-refractivity contribution in [3.63, 3.8) is 0 Å². The van der Waals surface area contributed by atoms with E-state index in [1.165, 1.54) is 0 Å². The number of nitrogens with zero attached hydrogens (tertiary/aromatic N) is 1. The Balaban J connectivity index is 1.58. The number of aromatic hydroxyl groups is 1. The lowest BCUT2D eigenvalue weighted by molar-refractivity contribution is -0.00849. The molecule has 0 radical (unpaired) electrons. The number of rotatable bonds is 5. The lowest BCUT2D eigenvalue weighted by Gasteiger charge is -2.38. The lowest BCUT2D eigenvalue weighted by Crippen LogP contribution is -2.55. The first-order valence-electron chi connectivity index (χ1n) is 8.21. The van der Waals surface area contributed by atoms with Gasteiger partial charge in [0.15, 0.2) is 11.5 Å². The highest BCUT2D eigenvalue weighted by molar-refractivity contribution is 6.60. The minimum Gasteiger partial charge on any atom is -0.504 e. The summed E-state index contributed by atoms with van der Waals surface area (Å²) < 4.78 is 23.3. The predicted octanol–water partition coefficient (Wildman–Crippen LogP) is 1.65. The quantitative estimate of drug-likeness (QED) is 0.823. The van der Waals surface area contributed by atoms with Gasteiger partial charge in [0.1, 0.15) is 0 Å². The van der Waals surface area contributed by atoms with Crippen molar-refractivity contribution in [1.29, 1.82) is 0 Å². The molecule has 1 N–H and O–H groups in total. The summed E-state index contributed by atoms with van der Waals surface area (Å²) in [4.78, 5) is 2.32. The average Bonchev–Trinajstić information content (AvgIpc) is 2.49. The van der Waals surface area contributed by atoms with Crippen LogP contribution in [0, 0.1) is 0 Å². The van der Waals surface area contributed by atoms with Crippen LogP contribution < -0.4 is 4.74 Å². The van der Waals surface area contributed by atoms with Gasteiger partial charge < -0.3 is 23.1 Å². The Bertz CT molecular complexity index is 501. The van der Waals surface area contributed by atoms with E-state index in [0.717, 1.165) is 44.1 Å². The first kappa shape index (κ1) is 16.7. The summed E-state index contributed by atoms with van der Waals surface area (Å²) in [6.07, 6.45) is 1.82. The van der Waals surface area contributed by atoms with E-state index in [1.807, 2.05) is 12.1 Å². The van der Waals surface area contributed by atoms with E-state index in [4.69, 9.17) is 18.0 Å². The average molecular weight is 339 g/mol. The van der Waals surface area contributed by atoms with Crippen molar-refractivity contribution in [2.24, 2.45) is 0 Å². The Morgan fingerprint density at radius 3 is 2.39 bits per heavy atom. The van der Waals surface area contributed by atoms with Gasteiger partial charge in [-0.15, -0.1) is 0 Å². The number of ether oxygens (including phenoxy) is 1. The Kier molecular flexibility index (Phi) is 5.55. The summed E-state index contributed by atoms with van der Waals surface area (Å²) >= 11 is 0. The molecule has 7 heteroatoms. The van der Waals surface area contributed by atoms with Crippen molar-refractivity contribution in [3.8, 4) is 11.5 Å². The molecule has 1 aromatic carbocycles. The van der Waals surface area contributed by atoms with E-state index < -0.39 is 8.80 Å². The summed E-state index contributed by atoms with van der Waals surface area (Å²) in [6.45, 7) is 4.99. The van der Waals surface area contributed by atoms with Crippen LogP contribution in [0.15, 0.2) is 18.2 Å². The molecule has 0 atom stereocenters. The van der Waals surface area contributed by atoms with Gasteiger partial charge in [-0.25, -0.2) is 0 Å². The maximum absolute atomic E-state index is 9.66. The first-order chi connectivity index (χ1) is 11.2. The van der Waals surface area contributed by atoms with E-state index >= 15 is 0 Å². The number of phenolic OH excluding ortho intramolecular Hbond substituents is 1. The highest BCUT2D eigenvalue weighted by Gasteiger charge is 2.43. The molecule has 2 bridgehead atoms. The van der Waals surface area contributed by atoms with Gasteiger partial charge in [0.25, 0.3) is 0 Å². The molecule has 3 aliphatic heterocycles. The molecule has 0 spiro atoms. The third-order valence-corrected chi connectivity index (χ3v) is 7.28. The van der Waals surface area contributed by atoms with Crippen molar-refractivity contribution in [2.75, 3.05) is 46.6 Å². The molecule has 0 amide bonds. The Labute approximate surface area is 138 Å². The normalized spacial score (nSPS) is 28.0. The fraction of sp³-hybridized carbons (Fsp3) is 0.625. The van der Waals surface area contributed by atoms with Crippen LogP contribution >= 0.6 is 0 Å². The smallest absolute Gasteiger partial charge is 0.501 e. The third-order valence-electron chi connectivity index (χ3n) is 4.38. The van der Waals surface area contributed by atoms with Crippen molar-refractivity contribution in [2.45, 2.75) is 18.9 Å². The van der Waals surface area contributed by atoms with Gasteiger partial charge in [-0.1, -0.05) is 6.07 Å². The second kappa shape index (κ2) is 7.63. The third kappa shape index (κ3) is 4.24. The number of hydrogen-bond acceptors (Lipinski definition) is 6. The largest absolute Gasteiger partial charge is 0.504 e. The Morgan fingerprint density at radius 1 is 1.13 bits per heavy atom. The van der Waals surface area contributed by atoms with Crippen LogP contribution in [0.5, 0.6) is 11.5 Å². The molecule has 0 saturated carbocycles. The molecule has 3 fully saturated rings. The van der Waals surface area contributed by atoms with Crippen molar-refractivity contribution >= 4 is 8.80 Å². The van der Waals surface area contributed by atoms with Gasteiger partial charge in [-0.05, 0) is 30.5 Å². The Morgan fingerprint density at radius 2 is 1.78 bits per heavy atom. The van der Waals surface area contributed by atoms with Crippen LogP contribution in [-0.4, -0.2) is 65.4 Å². The molecule has 0 aromatic heterocycles. The van der Waals surface area contributed by atoms with Gasteiger partial charge in [0.05, 0.1) is 26.9 Å². The highest BCUT2D eigenvalue weighted by atomic mass is 28.4. The molecular formula is C16H25NO5Si. The summed E-state index contributed by atoms with van der Waals surface area (Å²) in [6, 6.07) is 6.31. The van der Waals surface area contributed by atoms with Crippen molar-refractivity contribution < 1.29 is 23.1 Å². The van der Waals surface area contributed by atoms with Crippen LogP contribution in [-0.2, 0) is 19.7 Å². The Hall–Kier alpha value is -1.12. The van der Waals surface area contributed by atoms with Crippen molar-refractivity contribution in [3.05, 3.63) is 23.8 Å². The van der Waals surface area contributed by atoms with Gasteiger partial charge >= 0.3 is 8.80 Å². The maximum Gasteiger partial charge on any atom is 0.501 e. The van der Waals surface area contributed by atoms with E-state index in [0.29, 0.717) is 25.6 Å². The summed E-state index contributed by atoms with van der Waals surface area (Å²) in [7, 11) is -0.959. The minimum absolute atomic E-state index is 0.170. The first-order valence-corrected chi connectivity index (χ1v) is 10.1. The SMILES string of the molecule is COc1cc(CCC[Si]23OCCN(CCO2)CCO3)ccc1O. The molecule has 3 aliphatic rings. The second-order valence-electron chi connectivity index (χ2n) is 5.93. The number of benzene rings is 1. The van der Waals surface area contributed by atoms with Gasteiger partial charge in [0, 0.05) is 25.7 Å². The lowest BCUT2D eigenvalue weighted by atomic mass is 10.1. The fourth-order valence-electron chi connectivity index (χ4n) is 3.05. The van der Waals surface area contributed by atoms with Gasteiger partial charge in [0.2, 0.25) is 0 Å². The summed E-state index contributed by atoms with van der Waals surface area (Å²) in [5.41, 5.74) is 1.13. The van der Waals surface area contributed by atoms with Crippen LogP contribution in [0.4, 0.5) is 0 Å². The zero-order valence-corrected chi connectivity index (χ0v) is 14.6. The number of aryl methyl sites for hydroxylation is 1. The molecule has 6 nitrogen and oxygen atoms in total. The topological polar surface area (TPSA) is 60.4 Å². The zero-order chi connectivity index (χ0) is 16.1. The van der Waals surface area contributed by atoms with Crippen LogP contribution in [0.2, 0.25) is 6.04 Å². The number of fused-ring (bicyclic) bond motifs is 6. The van der Waals surface area contributed by atoms with Gasteiger partial charge in [-0.3, -0.25) is 4.90 Å². The highest BCUT2D eigenvalue weighted by Crippen LogP contribution is 2.28. The summed E-state index contributed by atoms with van der Waals surface area (Å²) in [5, 5.41) is 9.66. The van der Waals surface area contributed by atoms with Crippen LogP contribution in [0.1, 0.15) is 12.0 Å². The second-order valence-corrected chi connectivity index (χ2v) is 8.66. The number of phenols is 1. The number of hydrogen-bond donors (Lipinski definition) is 1. The van der Waals surface area contributed by atoms with E-state index in [9.17, 15) is 5.11 Å².